The van der Waals surface area contributed by atoms with Gasteiger partial charge in [-0.3, -0.25) is 9.59 Å². The number of aliphatic carboxylic acids is 1. The first-order valence-electron chi connectivity index (χ1n) is 4.34. The number of carbonyl (C=O) groups excluding carboxylic acids is 1. The van der Waals surface area contributed by atoms with E-state index in [1.165, 1.54) is 0 Å². The van der Waals surface area contributed by atoms with Gasteiger partial charge in [0.1, 0.15) is 0 Å². The Balaban J connectivity index is 4.10. The third kappa shape index (κ3) is 6.06. The van der Waals surface area contributed by atoms with Crippen molar-refractivity contribution in [2.24, 2.45) is 0 Å². The number of hydrogen-bond acceptors (Lipinski definition) is 2. The lowest BCUT2D eigenvalue weighted by molar-refractivity contribution is -0.137. The van der Waals surface area contributed by atoms with E-state index in [0.29, 0.717) is 6.42 Å². The lowest BCUT2D eigenvalue weighted by atomic mass is 9.98. The number of carbonyl (C=O) groups is 2. The molecule has 0 aliphatic carbocycles. The summed E-state index contributed by atoms with van der Waals surface area (Å²) in [5, 5.41) is 11.1. The highest BCUT2D eigenvalue weighted by atomic mass is 16.4. The van der Waals surface area contributed by atoms with Gasteiger partial charge < -0.3 is 10.4 Å². The van der Waals surface area contributed by atoms with Crippen molar-refractivity contribution in [3.63, 3.8) is 0 Å². The number of nitrogens with one attached hydrogen (secondary N) is 1. The highest BCUT2D eigenvalue weighted by Gasteiger charge is 2.20. The van der Waals surface area contributed by atoms with E-state index in [1.807, 2.05) is 0 Å². The summed E-state index contributed by atoms with van der Waals surface area (Å²) in [5.41, 5.74) is -0.528. The predicted octanol–water partition coefficient (Wildman–Crippen LogP) is 0.769. The van der Waals surface area contributed by atoms with Crippen molar-refractivity contribution in [2.75, 3.05) is 0 Å². The summed E-state index contributed by atoms with van der Waals surface area (Å²) in [6.45, 7) is 5.11. The molecule has 0 saturated carbocycles. The Labute approximate surface area is 83.7 Å². The maximum Gasteiger partial charge on any atom is 0.303 e. The minimum absolute atomic E-state index is 0.0346. The molecule has 0 bridgehead atoms. The molecular weight excluding hydrogens is 182 g/mol. The molecule has 1 amide bonds. The molecule has 0 spiro atoms. The van der Waals surface area contributed by atoms with Crippen molar-refractivity contribution in [1.29, 1.82) is 0 Å². The van der Waals surface area contributed by atoms with E-state index < -0.39 is 11.5 Å². The van der Waals surface area contributed by atoms with Crippen LogP contribution in [-0.4, -0.2) is 22.5 Å². The molecule has 0 rings (SSSR count). The molecule has 0 aromatic heterocycles. The first-order valence-corrected chi connectivity index (χ1v) is 4.34. The zero-order valence-corrected chi connectivity index (χ0v) is 8.68. The van der Waals surface area contributed by atoms with Crippen molar-refractivity contribution in [1.82, 2.24) is 5.32 Å². The van der Waals surface area contributed by atoms with Crippen molar-refractivity contribution < 1.29 is 14.7 Å². The number of rotatable bonds is 4. The molecule has 0 radical (unpaired) electrons. The summed E-state index contributed by atoms with van der Waals surface area (Å²) in [6, 6.07) is 0. The normalized spacial score (nSPS) is 9.93. The molecule has 0 heterocycles. The Morgan fingerprint density at radius 3 is 2.43 bits per heavy atom. The quantitative estimate of drug-likeness (QED) is 0.654. The molecule has 78 valence electrons. The molecule has 0 aromatic carbocycles. The van der Waals surface area contributed by atoms with Gasteiger partial charge in [-0.15, -0.1) is 0 Å². The summed E-state index contributed by atoms with van der Waals surface area (Å²) in [4.78, 5) is 21.4. The van der Waals surface area contributed by atoms with Gasteiger partial charge in [0.2, 0.25) is 0 Å². The highest BCUT2D eigenvalue weighted by Crippen LogP contribution is 2.10. The smallest absolute Gasteiger partial charge is 0.303 e. The Hall–Kier alpha value is -1.50. The standard InChI is InChI=1S/C10H15NO3/c1-4-5-8(12)11-10(2,3)7-6-9(13)14/h6-7H2,1-3H3,(H,11,12)(H,13,14). The lowest BCUT2D eigenvalue weighted by Crippen LogP contribution is -2.43. The summed E-state index contributed by atoms with van der Waals surface area (Å²) >= 11 is 0. The predicted molar refractivity (Wildman–Crippen MR) is 52.5 cm³/mol. The molecule has 0 aromatic rings. The van der Waals surface area contributed by atoms with Gasteiger partial charge in [-0.05, 0) is 33.1 Å². The zero-order valence-electron chi connectivity index (χ0n) is 8.68. The summed E-state index contributed by atoms with van der Waals surface area (Å²) in [6.07, 6.45) is 0.423. The van der Waals surface area contributed by atoms with Crippen LogP contribution in [-0.2, 0) is 9.59 Å². The van der Waals surface area contributed by atoms with Crippen LogP contribution in [0.15, 0.2) is 0 Å². The first kappa shape index (κ1) is 12.5. The van der Waals surface area contributed by atoms with Gasteiger partial charge in [0.05, 0.1) is 0 Å². The molecule has 4 heteroatoms. The Kier molecular flexibility index (Phi) is 4.71. The molecule has 0 saturated heterocycles. The van der Waals surface area contributed by atoms with E-state index in [-0.39, 0.29) is 12.3 Å². The van der Waals surface area contributed by atoms with E-state index in [1.54, 1.807) is 20.8 Å². The van der Waals surface area contributed by atoms with Gasteiger partial charge in [0, 0.05) is 12.0 Å². The molecular formula is C10H15NO3. The van der Waals surface area contributed by atoms with Crippen molar-refractivity contribution in [3.05, 3.63) is 0 Å². The minimum Gasteiger partial charge on any atom is -0.481 e. The highest BCUT2D eigenvalue weighted by molar-refractivity contribution is 5.93. The van der Waals surface area contributed by atoms with Crippen LogP contribution in [0, 0.1) is 11.8 Å². The molecule has 2 N–H and O–H groups in total. The molecule has 0 atom stereocenters. The molecule has 0 fully saturated rings. The Morgan fingerprint density at radius 1 is 1.43 bits per heavy atom. The maximum atomic E-state index is 11.1. The fraction of sp³-hybridized carbons (Fsp3) is 0.600. The van der Waals surface area contributed by atoms with E-state index in [2.05, 4.69) is 17.2 Å². The van der Waals surface area contributed by atoms with Crippen LogP contribution in [0.5, 0.6) is 0 Å². The van der Waals surface area contributed by atoms with E-state index in [9.17, 15) is 9.59 Å². The molecule has 0 aliphatic rings. The Bertz CT molecular complexity index is 283. The average molecular weight is 197 g/mol. The number of amides is 1. The first-order chi connectivity index (χ1) is 6.37. The van der Waals surface area contributed by atoms with Gasteiger partial charge in [-0.2, -0.15) is 0 Å². The Morgan fingerprint density at radius 2 is 2.00 bits per heavy atom. The zero-order chi connectivity index (χ0) is 11.2. The maximum absolute atomic E-state index is 11.1. The van der Waals surface area contributed by atoms with Crippen LogP contribution >= 0.6 is 0 Å². The van der Waals surface area contributed by atoms with Crippen molar-refractivity contribution >= 4 is 11.9 Å². The van der Waals surface area contributed by atoms with Crippen LogP contribution < -0.4 is 5.32 Å². The number of carboxylic acids is 1. The largest absolute Gasteiger partial charge is 0.481 e. The molecule has 14 heavy (non-hydrogen) atoms. The van der Waals surface area contributed by atoms with Crippen LogP contribution in [0.3, 0.4) is 0 Å². The number of carboxylic acid groups (broad SMARTS) is 1. The topological polar surface area (TPSA) is 66.4 Å². The van der Waals surface area contributed by atoms with Crippen LogP contribution in [0.4, 0.5) is 0 Å². The third-order valence-corrected chi connectivity index (χ3v) is 1.65. The monoisotopic (exact) mass is 197 g/mol. The van der Waals surface area contributed by atoms with E-state index in [4.69, 9.17) is 5.11 Å². The van der Waals surface area contributed by atoms with Crippen LogP contribution in [0.1, 0.15) is 33.6 Å². The SMILES string of the molecule is CC#CC(=O)NC(C)(C)CCC(=O)O. The van der Waals surface area contributed by atoms with Crippen molar-refractivity contribution in [2.45, 2.75) is 39.2 Å². The van der Waals surface area contributed by atoms with Gasteiger partial charge >= 0.3 is 5.97 Å². The summed E-state index contributed by atoms with van der Waals surface area (Å²) < 4.78 is 0. The summed E-state index contributed by atoms with van der Waals surface area (Å²) in [7, 11) is 0. The van der Waals surface area contributed by atoms with Crippen LogP contribution in [0.2, 0.25) is 0 Å². The lowest BCUT2D eigenvalue weighted by Gasteiger charge is -2.24. The third-order valence-electron chi connectivity index (χ3n) is 1.65. The van der Waals surface area contributed by atoms with Gasteiger partial charge in [0.25, 0.3) is 5.91 Å². The molecule has 4 nitrogen and oxygen atoms in total. The molecule has 0 aliphatic heterocycles. The average Bonchev–Trinajstić information content (AvgIpc) is 2.00. The van der Waals surface area contributed by atoms with E-state index in [0.717, 1.165) is 0 Å². The second-order valence-corrected chi connectivity index (χ2v) is 3.61. The summed E-state index contributed by atoms with van der Waals surface area (Å²) in [5.74, 6) is 3.58. The molecule has 0 unspecified atom stereocenters. The van der Waals surface area contributed by atoms with Crippen LogP contribution in [0.25, 0.3) is 0 Å². The van der Waals surface area contributed by atoms with Crippen molar-refractivity contribution in [3.8, 4) is 11.8 Å². The van der Waals surface area contributed by atoms with Gasteiger partial charge in [0.15, 0.2) is 0 Å². The number of hydrogen-bond donors (Lipinski definition) is 2. The second kappa shape index (κ2) is 5.28. The van der Waals surface area contributed by atoms with Gasteiger partial charge in [-0.1, -0.05) is 5.92 Å². The fourth-order valence-electron chi connectivity index (χ4n) is 0.934. The van der Waals surface area contributed by atoms with Gasteiger partial charge in [-0.25, -0.2) is 0 Å². The fourth-order valence-corrected chi connectivity index (χ4v) is 0.934. The van der Waals surface area contributed by atoms with E-state index >= 15 is 0 Å². The minimum atomic E-state index is -0.867. The second-order valence-electron chi connectivity index (χ2n) is 3.61.